The van der Waals surface area contributed by atoms with Gasteiger partial charge in [-0.15, -0.1) is 0 Å². The minimum absolute atomic E-state index is 0.130. The number of aryl methyl sites for hydroxylation is 1. The van der Waals surface area contributed by atoms with Gasteiger partial charge < -0.3 is 10.1 Å². The number of nitrogens with zero attached hydrogens (tertiary/aromatic N) is 3. The van der Waals surface area contributed by atoms with E-state index in [1.807, 2.05) is 13.8 Å². The van der Waals surface area contributed by atoms with Crippen LogP contribution in [0, 0.1) is 0 Å². The van der Waals surface area contributed by atoms with Crippen molar-refractivity contribution in [2.24, 2.45) is 14.1 Å². The highest BCUT2D eigenvalue weighted by Crippen LogP contribution is 2.04. The van der Waals surface area contributed by atoms with Gasteiger partial charge in [0.05, 0.1) is 0 Å². The Hall–Kier alpha value is -2.38. The number of fused-ring (bicyclic) bond motifs is 1. The van der Waals surface area contributed by atoms with Crippen molar-refractivity contribution in [3.63, 3.8) is 0 Å². The molecule has 8 nitrogen and oxygen atoms in total. The zero-order valence-corrected chi connectivity index (χ0v) is 11.2. The van der Waals surface area contributed by atoms with Gasteiger partial charge in [0, 0.05) is 14.1 Å². The van der Waals surface area contributed by atoms with Crippen LogP contribution in [0.25, 0.3) is 11.2 Å². The number of carboxylic acid groups (broad SMARTS) is 1. The van der Waals surface area contributed by atoms with Crippen molar-refractivity contribution in [3.05, 3.63) is 26.7 Å². The van der Waals surface area contributed by atoms with E-state index in [0.717, 1.165) is 4.57 Å². The Morgan fingerprint density at radius 1 is 1.26 bits per heavy atom. The van der Waals surface area contributed by atoms with Gasteiger partial charge in [0.25, 0.3) is 5.56 Å². The number of aliphatic carboxylic acids is 1. The molecule has 0 saturated heterocycles. The Bertz CT molecular complexity index is 723. The first-order chi connectivity index (χ1) is 8.91. The van der Waals surface area contributed by atoms with Crippen LogP contribution < -0.4 is 11.2 Å². The van der Waals surface area contributed by atoms with E-state index < -0.39 is 17.2 Å². The first kappa shape index (κ1) is 14.7. The van der Waals surface area contributed by atoms with Crippen molar-refractivity contribution in [1.82, 2.24) is 19.1 Å². The number of aromatic amines is 1. The number of hydrogen-bond donors (Lipinski definition) is 2. The fraction of sp³-hybridized carbons (Fsp3) is 0.455. The maximum Gasteiger partial charge on any atom is 0.332 e. The molecule has 8 heteroatoms. The van der Waals surface area contributed by atoms with Crippen LogP contribution in [0.5, 0.6) is 0 Å². The molecule has 0 spiro atoms. The van der Waals surface area contributed by atoms with Crippen LogP contribution in [-0.4, -0.2) is 30.2 Å². The molecule has 2 aromatic heterocycles. The van der Waals surface area contributed by atoms with E-state index >= 15 is 0 Å². The summed E-state index contributed by atoms with van der Waals surface area (Å²) >= 11 is 0. The maximum absolute atomic E-state index is 11.7. The van der Waals surface area contributed by atoms with Gasteiger partial charge in [0.2, 0.25) is 0 Å². The van der Waals surface area contributed by atoms with E-state index in [1.54, 1.807) is 0 Å². The smallest absolute Gasteiger partial charge is 0.332 e. The minimum Gasteiger partial charge on any atom is -0.481 e. The molecule has 0 aromatic carbocycles. The minimum atomic E-state index is -1.06. The molecule has 0 atom stereocenters. The van der Waals surface area contributed by atoms with Crippen LogP contribution in [0.1, 0.15) is 19.7 Å². The lowest BCUT2D eigenvalue weighted by Crippen LogP contribution is -2.36. The Labute approximate surface area is 108 Å². The molecule has 0 bridgehead atoms. The van der Waals surface area contributed by atoms with Gasteiger partial charge in [-0.25, -0.2) is 9.78 Å². The molecule has 0 saturated carbocycles. The van der Waals surface area contributed by atoms with Crippen molar-refractivity contribution in [2.75, 3.05) is 0 Å². The average Bonchev–Trinajstić information content (AvgIpc) is 2.79. The Morgan fingerprint density at radius 2 is 1.84 bits per heavy atom. The van der Waals surface area contributed by atoms with Crippen LogP contribution in [0.15, 0.2) is 9.59 Å². The lowest BCUT2D eigenvalue weighted by Gasteiger charge is -2.00. The number of carbonyl (C=O) groups is 1. The molecule has 2 rings (SSSR count). The summed E-state index contributed by atoms with van der Waals surface area (Å²) in [7, 11) is 2.82. The lowest BCUT2D eigenvalue weighted by molar-refractivity contribution is -0.136. The summed E-state index contributed by atoms with van der Waals surface area (Å²) in [6.45, 7) is 4.00. The van der Waals surface area contributed by atoms with Gasteiger partial charge in [-0.3, -0.25) is 18.7 Å². The molecular weight excluding hydrogens is 252 g/mol. The summed E-state index contributed by atoms with van der Waals surface area (Å²) in [5.74, 6) is -0.920. The molecule has 0 radical (unpaired) electrons. The van der Waals surface area contributed by atoms with E-state index in [9.17, 15) is 14.4 Å². The van der Waals surface area contributed by atoms with Gasteiger partial charge in [0.1, 0.15) is 17.8 Å². The quantitative estimate of drug-likeness (QED) is 0.771. The van der Waals surface area contributed by atoms with Crippen molar-refractivity contribution >= 4 is 17.1 Å². The van der Waals surface area contributed by atoms with Crippen LogP contribution >= 0.6 is 0 Å². The van der Waals surface area contributed by atoms with Gasteiger partial charge in [-0.1, -0.05) is 13.8 Å². The molecule has 19 heavy (non-hydrogen) atoms. The Balaban J connectivity index is 0.000000861. The number of imidazole rings is 1. The largest absolute Gasteiger partial charge is 0.481 e. The Kier molecular flexibility index (Phi) is 4.26. The summed E-state index contributed by atoms with van der Waals surface area (Å²) in [6.07, 6.45) is -0.327. The second-order valence-corrected chi connectivity index (χ2v) is 3.66. The van der Waals surface area contributed by atoms with Crippen LogP contribution in [0.2, 0.25) is 0 Å². The maximum atomic E-state index is 11.7. The SMILES string of the molecule is CC.Cn1c(=O)c2[nH]c(CC(=O)O)nc2n(C)c1=O. The lowest BCUT2D eigenvalue weighted by atomic mass is 10.4. The predicted octanol–water partition coefficient (Wildman–Crippen LogP) is -0.386. The van der Waals surface area contributed by atoms with E-state index in [0.29, 0.717) is 0 Å². The van der Waals surface area contributed by atoms with E-state index in [2.05, 4.69) is 9.97 Å². The molecule has 0 amide bonds. The number of rotatable bonds is 2. The highest BCUT2D eigenvalue weighted by Gasteiger charge is 2.14. The Morgan fingerprint density at radius 3 is 2.37 bits per heavy atom. The average molecular weight is 268 g/mol. The zero-order chi connectivity index (χ0) is 14.7. The number of nitrogens with one attached hydrogen (secondary N) is 1. The number of carboxylic acids is 1. The topological polar surface area (TPSA) is 110 Å². The third-order valence-corrected chi connectivity index (χ3v) is 2.46. The molecular formula is C11H16N4O4. The zero-order valence-electron chi connectivity index (χ0n) is 11.2. The van der Waals surface area contributed by atoms with Crippen molar-refractivity contribution < 1.29 is 9.90 Å². The van der Waals surface area contributed by atoms with E-state index in [-0.39, 0.29) is 23.4 Å². The molecule has 0 fully saturated rings. The molecule has 2 heterocycles. The molecule has 0 aliphatic heterocycles. The van der Waals surface area contributed by atoms with Gasteiger partial charge in [-0.05, 0) is 0 Å². The second kappa shape index (κ2) is 5.51. The normalized spacial score (nSPS) is 10.1. The third-order valence-electron chi connectivity index (χ3n) is 2.46. The summed E-state index contributed by atoms with van der Waals surface area (Å²) in [5, 5.41) is 8.63. The van der Waals surface area contributed by atoms with E-state index in [4.69, 9.17) is 5.11 Å². The number of H-pyrrole nitrogens is 1. The molecule has 0 aliphatic rings. The van der Waals surface area contributed by atoms with Gasteiger partial charge in [-0.2, -0.15) is 0 Å². The summed E-state index contributed by atoms with van der Waals surface area (Å²) < 4.78 is 2.13. The van der Waals surface area contributed by atoms with Crippen molar-refractivity contribution in [3.8, 4) is 0 Å². The van der Waals surface area contributed by atoms with Gasteiger partial charge in [0.15, 0.2) is 5.65 Å². The standard InChI is InChI=1S/C9H10N4O4.C2H6/c1-12-7-6(8(16)13(2)9(12)17)10-4(11-7)3-5(14)15;1-2/h3H2,1-2H3,(H,10,11)(H,14,15);1-2H3. The molecule has 104 valence electrons. The highest BCUT2D eigenvalue weighted by molar-refractivity contribution is 5.73. The third kappa shape index (κ3) is 2.56. The first-order valence-electron chi connectivity index (χ1n) is 5.78. The highest BCUT2D eigenvalue weighted by atomic mass is 16.4. The van der Waals surface area contributed by atoms with Crippen LogP contribution in [0.3, 0.4) is 0 Å². The number of hydrogen-bond acceptors (Lipinski definition) is 4. The van der Waals surface area contributed by atoms with E-state index in [1.165, 1.54) is 18.7 Å². The molecule has 0 aliphatic carbocycles. The second-order valence-electron chi connectivity index (χ2n) is 3.66. The summed E-state index contributed by atoms with van der Waals surface area (Å²) in [4.78, 5) is 40.4. The first-order valence-corrected chi connectivity index (χ1v) is 5.78. The fourth-order valence-corrected chi connectivity index (χ4v) is 1.60. The number of aromatic nitrogens is 4. The molecule has 0 unspecified atom stereocenters. The van der Waals surface area contributed by atoms with Crippen molar-refractivity contribution in [2.45, 2.75) is 20.3 Å². The van der Waals surface area contributed by atoms with Crippen LogP contribution in [0.4, 0.5) is 0 Å². The van der Waals surface area contributed by atoms with Crippen molar-refractivity contribution in [1.29, 1.82) is 0 Å². The summed E-state index contributed by atoms with van der Waals surface area (Å²) in [6, 6.07) is 0. The summed E-state index contributed by atoms with van der Waals surface area (Å²) in [5.41, 5.74) is -0.733. The fourth-order valence-electron chi connectivity index (χ4n) is 1.60. The molecule has 2 N–H and O–H groups in total. The molecule has 2 aromatic rings. The van der Waals surface area contributed by atoms with Crippen LogP contribution in [-0.2, 0) is 25.3 Å². The monoisotopic (exact) mass is 268 g/mol. The van der Waals surface area contributed by atoms with Gasteiger partial charge >= 0.3 is 11.7 Å². The predicted molar refractivity (Wildman–Crippen MR) is 69.3 cm³/mol.